The van der Waals surface area contributed by atoms with Crippen molar-refractivity contribution in [1.29, 1.82) is 0 Å². The Bertz CT molecular complexity index is 904. The Balaban J connectivity index is 1.62. The second-order valence-electron chi connectivity index (χ2n) is 7.75. The van der Waals surface area contributed by atoms with Crippen molar-refractivity contribution in [3.8, 4) is 0 Å². The maximum atomic E-state index is 12.9. The Labute approximate surface area is 159 Å². The Kier molecular flexibility index (Phi) is 4.29. The summed E-state index contributed by atoms with van der Waals surface area (Å²) >= 11 is 0. The van der Waals surface area contributed by atoms with E-state index in [4.69, 9.17) is 4.42 Å². The summed E-state index contributed by atoms with van der Waals surface area (Å²) in [6, 6.07) is 8.24. The van der Waals surface area contributed by atoms with Crippen molar-refractivity contribution in [3.63, 3.8) is 0 Å². The highest BCUT2D eigenvalue weighted by Gasteiger charge is 2.50. The van der Waals surface area contributed by atoms with Crippen LogP contribution in [0.4, 0.5) is 0 Å². The van der Waals surface area contributed by atoms with E-state index in [1.54, 1.807) is 20.8 Å². The molecule has 0 aliphatic carbocycles. The number of rotatable bonds is 2. The molecule has 1 aromatic carbocycles. The largest absolute Gasteiger partial charge is 0.436 e. The van der Waals surface area contributed by atoms with Crippen LogP contribution in [0.2, 0.25) is 0 Å². The summed E-state index contributed by atoms with van der Waals surface area (Å²) in [5.74, 6) is 1.37. The molecule has 6 nitrogen and oxygen atoms in total. The van der Waals surface area contributed by atoms with Crippen molar-refractivity contribution in [2.24, 2.45) is 11.8 Å². The number of oxazole rings is 1. The zero-order valence-corrected chi connectivity index (χ0v) is 16.2. The lowest BCUT2D eigenvalue weighted by molar-refractivity contribution is -0.130. The first kappa shape index (κ1) is 17.8. The van der Waals surface area contributed by atoms with Crippen molar-refractivity contribution < 1.29 is 14.0 Å². The number of benzene rings is 1. The molecule has 27 heavy (non-hydrogen) atoms. The normalized spacial score (nSPS) is 24.4. The number of nitrogens with zero attached hydrogens (tertiary/aromatic N) is 3. The molecular formula is C21H25N3O3. The van der Waals surface area contributed by atoms with Crippen LogP contribution in [-0.2, 0) is 4.79 Å². The van der Waals surface area contributed by atoms with Crippen LogP contribution in [0.5, 0.6) is 0 Å². The second kappa shape index (κ2) is 6.51. The lowest BCUT2D eigenvalue weighted by Crippen LogP contribution is -2.36. The molecule has 2 aliphatic heterocycles. The number of fused-ring (bicyclic) bond motifs is 1. The van der Waals surface area contributed by atoms with Crippen LogP contribution in [-0.4, -0.2) is 46.2 Å². The minimum Gasteiger partial charge on any atom is -0.436 e. The molecule has 2 fully saturated rings. The van der Waals surface area contributed by atoms with Crippen LogP contribution in [0.1, 0.15) is 46.2 Å². The lowest BCUT2D eigenvalue weighted by Gasteiger charge is -2.30. The second-order valence-corrected chi connectivity index (χ2v) is 7.75. The van der Waals surface area contributed by atoms with E-state index in [1.165, 1.54) is 11.1 Å². The van der Waals surface area contributed by atoms with Gasteiger partial charge in [0.05, 0.1) is 11.7 Å². The van der Waals surface area contributed by atoms with E-state index < -0.39 is 0 Å². The summed E-state index contributed by atoms with van der Waals surface area (Å²) in [4.78, 5) is 33.3. The summed E-state index contributed by atoms with van der Waals surface area (Å²) in [5.41, 5.74) is 3.00. The van der Waals surface area contributed by atoms with E-state index in [1.807, 2.05) is 21.9 Å². The first-order valence-electron chi connectivity index (χ1n) is 9.43. The summed E-state index contributed by atoms with van der Waals surface area (Å²) in [6.45, 7) is 9.24. The SMILES string of the molecule is CC(=O)N1C[C@H]2CN(C(=O)c3oc(C)nc3C)C[C@H]2[C@H]1c1ccccc1C. The monoisotopic (exact) mass is 367 g/mol. The average Bonchev–Trinajstić information content (AvgIpc) is 3.27. The van der Waals surface area contributed by atoms with E-state index in [-0.39, 0.29) is 29.7 Å². The summed E-state index contributed by atoms with van der Waals surface area (Å²) in [5, 5.41) is 0. The quantitative estimate of drug-likeness (QED) is 0.819. The third-order valence-electron chi connectivity index (χ3n) is 5.96. The molecule has 0 N–H and O–H groups in total. The number of aryl methyl sites for hydroxylation is 3. The lowest BCUT2D eigenvalue weighted by atomic mass is 9.87. The zero-order chi connectivity index (χ0) is 19.3. The first-order valence-corrected chi connectivity index (χ1v) is 9.43. The van der Waals surface area contributed by atoms with Crippen molar-refractivity contribution >= 4 is 11.8 Å². The molecule has 3 atom stereocenters. The molecule has 2 aromatic rings. The summed E-state index contributed by atoms with van der Waals surface area (Å²) in [6.07, 6.45) is 0. The third kappa shape index (κ3) is 2.93. The number of likely N-dealkylation sites (tertiary alicyclic amines) is 2. The number of amides is 2. The highest BCUT2D eigenvalue weighted by atomic mass is 16.4. The third-order valence-corrected chi connectivity index (χ3v) is 5.96. The van der Waals surface area contributed by atoms with Gasteiger partial charge in [-0.05, 0) is 25.0 Å². The minimum atomic E-state index is -0.0968. The molecule has 2 saturated heterocycles. The van der Waals surface area contributed by atoms with Gasteiger partial charge in [-0.25, -0.2) is 4.98 Å². The van der Waals surface area contributed by atoms with Gasteiger partial charge in [0.25, 0.3) is 5.91 Å². The first-order chi connectivity index (χ1) is 12.9. The van der Waals surface area contributed by atoms with Gasteiger partial charge in [0.15, 0.2) is 5.89 Å². The molecular weight excluding hydrogens is 342 g/mol. The van der Waals surface area contributed by atoms with Gasteiger partial charge in [0, 0.05) is 45.3 Å². The molecule has 0 bridgehead atoms. The van der Waals surface area contributed by atoms with E-state index >= 15 is 0 Å². The van der Waals surface area contributed by atoms with Crippen LogP contribution >= 0.6 is 0 Å². The van der Waals surface area contributed by atoms with Gasteiger partial charge in [0.1, 0.15) is 0 Å². The van der Waals surface area contributed by atoms with Gasteiger partial charge < -0.3 is 14.2 Å². The number of hydrogen-bond acceptors (Lipinski definition) is 4. The average molecular weight is 367 g/mol. The van der Waals surface area contributed by atoms with Crippen molar-refractivity contribution in [2.45, 2.75) is 33.7 Å². The predicted molar refractivity (Wildman–Crippen MR) is 100 cm³/mol. The maximum Gasteiger partial charge on any atom is 0.291 e. The van der Waals surface area contributed by atoms with Crippen LogP contribution in [0.25, 0.3) is 0 Å². The summed E-state index contributed by atoms with van der Waals surface area (Å²) < 4.78 is 5.53. The Morgan fingerprint density at radius 3 is 2.48 bits per heavy atom. The van der Waals surface area contributed by atoms with Crippen LogP contribution in [0.15, 0.2) is 28.7 Å². The Hall–Kier alpha value is -2.63. The predicted octanol–water partition coefficient (Wildman–Crippen LogP) is 2.89. The van der Waals surface area contributed by atoms with Crippen LogP contribution in [0, 0.1) is 32.6 Å². The van der Waals surface area contributed by atoms with Gasteiger partial charge >= 0.3 is 0 Å². The molecule has 0 saturated carbocycles. The van der Waals surface area contributed by atoms with Crippen molar-refractivity contribution in [2.75, 3.05) is 19.6 Å². The highest BCUT2D eigenvalue weighted by Crippen LogP contribution is 2.46. The van der Waals surface area contributed by atoms with Crippen molar-refractivity contribution in [1.82, 2.24) is 14.8 Å². The number of carbonyl (C=O) groups is 2. The van der Waals surface area contributed by atoms with Crippen molar-refractivity contribution in [3.05, 3.63) is 52.7 Å². The molecule has 2 amide bonds. The number of carbonyl (C=O) groups excluding carboxylic acids is 2. The molecule has 1 aromatic heterocycles. The van der Waals surface area contributed by atoms with Gasteiger partial charge in [0.2, 0.25) is 11.7 Å². The molecule has 142 valence electrons. The minimum absolute atomic E-state index is 0.0176. The van der Waals surface area contributed by atoms with Gasteiger partial charge in [-0.15, -0.1) is 0 Å². The number of hydrogen-bond donors (Lipinski definition) is 0. The maximum absolute atomic E-state index is 12.9. The van der Waals surface area contributed by atoms with Crippen LogP contribution in [0.3, 0.4) is 0 Å². The molecule has 2 aliphatic rings. The molecule has 4 rings (SSSR count). The molecule has 0 unspecified atom stereocenters. The standard InChI is InChI=1S/C21H25N3O3/c1-12-7-5-6-8-17(12)19-18-11-23(9-16(18)10-24(19)15(4)25)21(26)20-13(2)22-14(3)27-20/h5-8,16,18-19H,9-11H2,1-4H3/t16-,18-,19-/m1/s1. The molecule has 0 spiro atoms. The van der Waals surface area contributed by atoms with Gasteiger partial charge in [-0.2, -0.15) is 0 Å². The molecule has 0 radical (unpaired) electrons. The van der Waals surface area contributed by atoms with Crippen LogP contribution < -0.4 is 0 Å². The molecule has 3 heterocycles. The molecule has 6 heteroatoms. The topological polar surface area (TPSA) is 66.7 Å². The fourth-order valence-corrected chi connectivity index (χ4v) is 4.73. The zero-order valence-electron chi connectivity index (χ0n) is 16.2. The fraction of sp³-hybridized carbons (Fsp3) is 0.476. The summed E-state index contributed by atoms with van der Waals surface area (Å²) in [7, 11) is 0. The Morgan fingerprint density at radius 1 is 1.11 bits per heavy atom. The van der Waals surface area contributed by atoms with Gasteiger partial charge in [-0.3, -0.25) is 9.59 Å². The number of aromatic nitrogens is 1. The smallest absolute Gasteiger partial charge is 0.291 e. The van der Waals surface area contributed by atoms with Gasteiger partial charge in [-0.1, -0.05) is 24.3 Å². The fourth-order valence-electron chi connectivity index (χ4n) is 4.73. The van der Waals surface area contributed by atoms with E-state index in [2.05, 4.69) is 24.0 Å². The Morgan fingerprint density at radius 2 is 1.85 bits per heavy atom. The highest BCUT2D eigenvalue weighted by molar-refractivity contribution is 5.92. The van der Waals surface area contributed by atoms with E-state index in [0.717, 1.165) is 0 Å². The van der Waals surface area contributed by atoms with E-state index in [9.17, 15) is 9.59 Å². The van der Waals surface area contributed by atoms with E-state index in [0.29, 0.717) is 37.0 Å².